The molecule has 0 heterocycles. The lowest BCUT2D eigenvalue weighted by Crippen LogP contribution is -2.59. The molecule has 2 unspecified atom stereocenters. The van der Waals surface area contributed by atoms with Gasteiger partial charge in [-0.05, 0) is 38.8 Å². The van der Waals surface area contributed by atoms with Gasteiger partial charge in [-0.1, -0.05) is 26.2 Å². The summed E-state index contributed by atoms with van der Waals surface area (Å²) in [7, 11) is -3.68. The van der Waals surface area contributed by atoms with Crippen molar-refractivity contribution >= 4 is 16.5 Å². The van der Waals surface area contributed by atoms with Gasteiger partial charge in [-0.3, -0.25) is 0 Å². The van der Waals surface area contributed by atoms with Crippen LogP contribution in [0.1, 0.15) is 26.7 Å². The molecule has 164 valence electrons. The summed E-state index contributed by atoms with van der Waals surface area (Å²) in [5.74, 6) is 0. The van der Waals surface area contributed by atoms with Gasteiger partial charge < -0.3 is 14.1 Å². The molecule has 0 aromatic heterocycles. The van der Waals surface area contributed by atoms with Crippen LogP contribution in [0.2, 0.25) is 38.3 Å². The highest BCUT2D eigenvalue weighted by Crippen LogP contribution is 2.24. The molecule has 0 aromatic carbocycles. The van der Waals surface area contributed by atoms with E-state index >= 15 is 0 Å². The van der Waals surface area contributed by atoms with Crippen LogP contribution in [0.3, 0.4) is 0 Å². The molecular weight excluding hydrogens is 408 g/mol. The van der Waals surface area contributed by atoms with Crippen molar-refractivity contribution in [2.24, 2.45) is 0 Å². The van der Waals surface area contributed by atoms with E-state index in [2.05, 4.69) is 30.8 Å². The number of nitrogens with one attached hydrogen (secondary N) is 1. The molecule has 0 amide bonds. The van der Waals surface area contributed by atoms with Crippen molar-refractivity contribution in [3.63, 3.8) is 0 Å². The molecule has 0 aromatic rings. The Labute approximate surface area is 160 Å². The van der Waals surface area contributed by atoms with Gasteiger partial charge in [-0.15, -0.1) is 0 Å². The van der Waals surface area contributed by atoms with Gasteiger partial charge >= 0.3 is 12.4 Å². The van der Waals surface area contributed by atoms with Crippen LogP contribution in [0.5, 0.6) is 0 Å². The highest BCUT2D eigenvalue weighted by atomic mass is 28.4. The van der Waals surface area contributed by atoms with Crippen LogP contribution >= 0.6 is 0 Å². The molecule has 3 nitrogen and oxygen atoms in total. The summed E-state index contributed by atoms with van der Waals surface area (Å²) in [4.78, 5) is 0. The molecule has 0 radical (unpaired) electrons. The summed E-state index contributed by atoms with van der Waals surface area (Å²) in [6.45, 7) is 10.5. The van der Waals surface area contributed by atoms with Crippen LogP contribution in [-0.2, 0) is 9.47 Å². The van der Waals surface area contributed by atoms with Crippen molar-refractivity contribution in [2.45, 2.75) is 89.5 Å². The Morgan fingerprint density at radius 1 is 0.704 bits per heavy atom. The molecular formula is C16H33F6NO2Si2. The summed E-state index contributed by atoms with van der Waals surface area (Å²) in [6.07, 6.45) is -11.1. The molecule has 0 aliphatic rings. The topological polar surface area (TPSA) is 30.5 Å². The Hall–Kier alpha value is -0.106. The maximum Gasteiger partial charge on any atom is 0.414 e. The summed E-state index contributed by atoms with van der Waals surface area (Å²) in [5, 5.41) is 0. The van der Waals surface area contributed by atoms with Gasteiger partial charge in [0, 0.05) is 13.2 Å². The third-order valence-corrected chi connectivity index (χ3v) is 12.8. The van der Waals surface area contributed by atoms with Gasteiger partial charge in [-0.25, -0.2) is 0 Å². The van der Waals surface area contributed by atoms with Crippen LogP contribution < -0.4 is 4.65 Å². The second-order valence-electron chi connectivity index (χ2n) is 8.21. The van der Waals surface area contributed by atoms with Crippen LogP contribution in [0.25, 0.3) is 0 Å². The molecule has 1 N–H and O–H groups in total. The van der Waals surface area contributed by atoms with Gasteiger partial charge in [0.15, 0.2) is 12.2 Å². The van der Waals surface area contributed by atoms with Crippen LogP contribution in [0.4, 0.5) is 26.3 Å². The fourth-order valence-corrected chi connectivity index (χ4v) is 13.2. The van der Waals surface area contributed by atoms with E-state index in [1.165, 1.54) is 0 Å². The smallest absolute Gasteiger partial charge is 0.369 e. The van der Waals surface area contributed by atoms with Gasteiger partial charge in [0.1, 0.15) is 16.5 Å². The molecule has 0 saturated heterocycles. The van der Waals surface area contributed by atoms with E-state index in [9.17, 15) is 26.3 Å². The molecule has 11 heteroatoms. The average Bonchev–Trinajstić information content (AvgIpc) is 2.44. The lowest BCUT2D eigenvalue weighted by molar-refractivity contribution is -0.214. The van der Waals surface area contributed by atoms with Crippen molar-refractivity contribution in [1.29, 1.82) is 0 Å². The largest absolute Gasteiger partial charge is 0.414 e. The lowest BCUT2D eigenvalue weighted by Gasteiger charge is -2.35. The Balaban J connectivity index is 4.18. The van der Waals surface area contributed by atoms with E-state index in [4.69, 9.17) is 9.47 Å². The first-order valence-electron chi connectivity index (χ1n) is 9.12. The maximum atomic E-state index is 12.4. The molecule has 0 aliphatic heterocycles. The molecule has 27 heavy (non-hydrogen) atoms. The normalized spacial score (nSPS) is 16.4. The zero-order valence-corrected chi connectivity index (χ0v) is 19.0. The minimum atomic E-state index is -4.34. The van der Waals surface area contributed by atoms with Crippen molar-refractivity contribution < 1.29 is 35.8 Å². The molecule has 0 bridgehead atoms. The molecule has 0 spiro atoms. The number of hydrogen-bond acceptors (Lipinski definition) is 3. The van der Waals surface area contributed by atoms with E-state index in [1.807, 2.05) is 0 Å². The Bertz CT molecular complexity index is 392. The minimum absolute atomic E-state index is 0.0595. The lowest BCUT2D eigenvalue weighted by atomic mass is 10.4. The summed E-state index contributed by atoms with van der Waals surface area (Å²) in [5.41, 5.74) is 0. The van der Waals surface area contributed by atoms with Crippen molar-refractivity contribution in [3.05, 3.63) is 0 Å². The van der Waals surface area contributed by atoms with Crippen molar-refractivity contribution in [1.82, 2.24) is 4.65 Å². The number of ether oxygens (including phenoxy) is 2. The SMILES string of the molecule is CC(OCCC[Si](C)(C)N[Si](C)(C)CCCOC(C)C(F)(F)F)C(F)(F)F. The second kappa shape index (κ2) is 10.6. The summed E-state index contributed by atoms with van der Waals surface area (Å²) >= 11 is 0. The van der Waals surface area contributed by atoms with Crippen LogP contribution in [0.15, 0.2) is 0 Å². The molecule has 0 rings (SSSR count). The predicted octanol–water partition coefficient (Wildman–Crippen LogP) is 5.70. The fraction of sp³-hybridized carbons (Fsp3) is 1.00. The van der Waals surface area contributed by atoms with Crippen molar-refractivity contribution in [3.8, 4) is 0 Å². The zero-order chi connectivity index (χ0) is 21.5. The average molecular weight is 442 g/mol. The second-order valence-corrected chi connectivity index (χ2v) is 17.7. The third kappa shape index (κ3) is 12.9. The third-order valence-electron chi connectivity index (χ3n) is 4.23. The highest BCUT2D eigenvalue weighted by Gasteiger charge is 2.38. The highest BCUT2D eigenvalue weighted by molar-refractivity contribution is 6.91. The van der Waals surface area contributed by atoms with E-state index in [0.29, 0.717) is 12.8 Å². The first kappa shape index (κ1) is 26.9. The van der Waals surface area contributed by atoms with Crippen LogP contribution in [-0.4, -0.2) is 54.2 Å². The van der Waals surface area contributed by atoms with Gasteiger partial charge in [0.05, 0.1) is 0 Å². The van der Waals surface area contributed by atoms with Crippen LogP contribution in [0, 0.1) is 0 Å². The number of rotatable bonds is 12. The zero-order valence-electron chi connectivity index (χ0n) is 17.0. The number of hydrogen-bond donors (Lipinski definition) is 1. The summed E-state index contributed by atoms with van der Waals surface area (Å²) < 4.78 is 87.8. The van der Waals surface area contributed by atoms with Gasteiger partial charge in [-0.2, -0.15) is 26.3 Å². The first-order chi connectivity index (χ1) is 12.0. The molecule has 0 aliphatic carbocycles. The first-order valence-corrected chi connectivity index (χ1v) is 15.5. The quantitative estimate of drug-likeness (QED) is 0.239. The van der Waals surface area contributed by atoms with E-state index in [-0.39, 0.29) is 13.2 Å². The number of alkyl halides is 6. The Morgan fingerprint density at radius 2 is 1.00 bits per heavy atom. The summed E-state index contributed by atoms with van der Waals surface area (Å²) in [6, 6.07) is 1.55. The number of halogens is 6. The monoisotopic (exact) mass is 441 g/mol. The van der Waals surface area contributed by atoms with E-state index < -0.39 is 41.0 Å². The Morgan fingerprint density at radius 3 is 1.26 bits per heavy atom. The standard InChI is InChI=1S/C16H33F6NO2Si2/c1-13(15(17,18)19)24-9-7-11-26(3,4)23-27(5,6)12-8-10-25-14(2)16(20,21)22/h13-14,23H,7-12H2,1-6H3. The fourth-order valence-electron chi connectivity index (χ4n) is 2.78. The molecule has 0 saturated carbocycles. The van der Waals surface area contributed by atoms with Gasteiger partial charge in [0.25, 0.3) is 0 Å². The molecule has 2 atom stereocenters. The van der Waals surface area contributed by atoms with Gasteiger partial charge in [0.2, 0.25) is 0 Å². The maximum absolute atomic E-state index is 12.4. The van der Waals surface area contributed by atoms with E-state index in [0.717, 1.165) is 25.9 Å². The Kier molecular flexibility index (Phi) is 10.6. The minimum Gasteiger partial charge on any atom is -0.369 e. The van der Waals surface area contributed by atoms with Crippen molar-refractivity contribution in [2.75, 3.05) is 13.2 Å². The predicted molar refractivity (Wildman–Crippen MR) is 99.9 cm³/mol. The van der Waals surface area contributed by atoms with E-state index in [1.54, 1.807) is 0 Å². The molecule has 0 fully saturated rings.